The number of nitrogens with zero attached hydrogens (tertiary/aromatic N) is 3. The summed E-state index contributed by atoms with van der Waals surface area (Å²) in [6, 6.07) is 9.15. The molecule has 0 saturated heterocycles. The Morgan fingerprint density at radius 3 is 2.63 bits per heavy atom. The maximum atomic E-state index is 12.6. The van der Waals surface area contributed by atoms with Gasteiger partial charge in [0.2, 0.25) is 5.95 Å². The van der Waals surface area contributed by atoms with E-state index in [4.69, 9.17) is 0 Å². The Labute approximate surface area is 107 Å². The third kappa shape index (κ3) is 2.16. The summed E-state index contributed by atoms with van der Waals surface area (Å²) in [6.07, 6.45) is -3.84. The first-order chi connectivity index (χ1) is 9.05. The molecule has 1 N–H and O–H groups in total. The number of aromatic nitrogens is 3. The van der Waals surface area contributed by atoms with Crippen molar-refractivity contribution in [2.45, 2.75) is 18.6 Å². The van der Waals surface area contributed by atoms with Crippen molar-refractivity contribution in [2.75, 3.05) is 11.9 Å². The molecule has 100 valence electrons. The molecular formula is C12H11F3N4. The van der Waals surface area contributed by atoms with E-state index in [1.54, 1.807) is 0 Å². The normalized spacial score (nSPS) is 18.8. The lowest BCUT2D eigenvalue weighted by Crippen LogP contribution is -2.24. The number of hydrogen-bond acceptors (Lipinski definition) is 3. The Morgan fingerprint density at radius 2 is 1.95 bits per heavy atom. The van der Waals surface area contributed by atoms with Gasteiger partial charge in [-0.05, 0) is 12.0 Å². The molecule has 2 heterocycles. The molecule has 4 nitrogen and oxygen atoms in total. The van der Waals surface area contributed by atoms with Gasteiger partial charge in [0, 0.05) is 6.54 Å². The smallest absolute Gasteiger partial charge is 0.354 e. The van der Waals surface area contributed by atoms with Crippen molar-refractivity contribution < 1.29 is 13.2 Å². The first-order valence-electron chi connectivity index (χ1n) is 5.88. The summed E-state index contributed by atoms with van der Waals surface area (Å²) in [5, 5.41) is 6.44. The van der Waals surface area contributed by atoms with Crippen LogP contribution < -0.4 is 5.32 Å². The number of rotatable bonds is 1. The van der Waals surface area contributed by atoms with Gasteiger partial charge in [0.15, 0.2) is 0 Å². The van der Waals surface area contributed by atoms with Gasteiger partial charge < -0.3 is 5.32 Å². The van der Waals surface area contributed by atoms with Gasteiger partial charge in [-0.1, -0.05) is 30.3 Å². The molecule has 2 aromatic rings. The molecular weight excluding hydrogens is 257 g/mol. The van der Waals surface area contributed by atoms with Crippen molar-refractivity contribution in [3.8, 4) is 0 Å². The minimum atomic E-state index is -4.52. The molecule has 0 saturated carbocycles. The Balaban J connectivity index is 2.03. The van der Waals surface area contributed by atoms with Crippen LogP contribution in [0.5, 0.6) is 0 Å². The highest BCUT2D eigenvalue weighted by Crippen LogP contribution is 2.32. The largest absolute Gasteiger partial charge is 0.453 e. The van der Waals surface area contributed by atoms with Crippen LogP contribution in [-0.2, 0) is 6.18 Å². The second kappa shape index (κ2) is 4.25. The molecule has 1 aliphatic heterocycles. The Bertz CT molecular complexity index is 576. The number of halogens is 3. The molecule has 1 aromatic carbocycles. The monoisotopic (exact) mass is 268 g/mol. The number of hydrogen-bond donors (Lipinski definition) is 1. The molecule has 1 aliphatic rings. The molecule has 19 heavy (non-hydrogen) atoms. The maximum Gasteiger partial charge on any atom is 0.453 e. The standard InChI is InChI=1S/C12H11F3N4/c13-12(14,15)10-17-11-16-7-6-9(19(11)18-10)8-4-2-1-3-5-8/h1-5,9H,6-7H2,(H,16,17,18). The zero-order valence-electron chi connectivity index (χ0n) is 9.85. The lowest BCUT2D eigenvalue weighted by molar-refractivity contribution is -0.145. The summed E-state index contributed by atoms with van der Waals surface area (Å²) >= 11 is 0. The quantitative estimate of drug-likeness (QED) is 0.864. The lowest BCUT2D eigenvalue weighted by atomic mass is 10.0. The summed E-state index contributed by atoms with van der Waals surface area (Å²) in [5.41, 5.74) is 0.934. The average Bonchev–Trinajstić information content (AvgIpc) is 2.83. The number of benzene rings is 1. The fraction of sp³-hybridized carbons (Fsp3) is 0.333. The zero-order chi connectivity index (χ0) is 13.5. The summed E-state index contributed by atoms with van der Waals surface area (Å²) < 4.78 is 39.2. The zero-order valence-corrected chi connectivity index (χ0v) is 9.85. The minimum Gasteiger partial charge on any atom is -0.354 e. The van der Waals surface area contributed by atoms with E-state index in [0.29, 0.717) is 13.0 Å². The molecule has 0 spiro atoms. The van der Waals surface area contributed by atoms with Gasteiger partial charge in [0.05, 0.1) is 6.04 Å². The van der Waals surface area contributed by atoms with Crippen molar-refractivity contribution in [2.24, 2.45) is 0 Å². The summed E-state index contributed by atoms with van der Waals surface area (Å²) in [6.45, 7) is 0.579. The molecule has 1 unspecified atom stereocenters. The maximum absolute atomic E-state index is 12.6. The number of nitrogens with one attached hydrogen (secondary N) is 1. The van der Waals surface area contributed by atoms with E-state index in [1.807, 2.05) is 30.3 Å². The van der Waals surface area contributed by atoms with Crippen LogP contribution in [0, 0.1) is 0 Å². The van der Waals surface area contributed by atoms with Crippen LogP contribution in [0.3, 0.4) is 0 Å². The Hall–Kier alpha value is -2.05. The fourth-order valence-electron chi connectivity index (χ4n) is 2.21. The van der Waals surface area contributed by atoms with Crippen LogP contribution in [0.1, 0.15) is 23.9 Å². The molecule has 0 aliphatic carbocycles. The Morgan fingerprint density at radius 1 is 1.21 bits per heavy atom. The minimum absolute atomic E-state index is 0.174. The fourth-order valence-corrected chi connectivity index (χ4v) is 2.21. The molecule has 1 atom stereocenters. The highest BCUT2D eigenvalue weighted by atomic mass is 19.4. The van der Waals surface area contributed by atoms with Crippen molar-refractivity contribution in [1.29, 1.82) is 0 Å². The van der Waals surface area contributed by atoms with E-state index < -0.39 is 12.0 Å². The van der Waals surface area contributed by atoms with Gasteiger partial charge in [0.1, 0.15) is 0 Å². The summed E-state index contributed by atoms with van der Waals surface area (Å²) in [5.74, 6) is -0.926. The van der Waals surface area contributed by atoms with Gasteiger partial charge in [-0.25, -0.2) is 4.68 Å². The highest BCUT2D eigenvalue weighted by Gasteiger charge is 2.38. The van der Waals surface area contributed by atoms with Crippen LogP contribution in [0.2, 0.25) is 0 Å². The summed E-state index contributed by atoms with van der Waals surface area (Å²) in [7, 11) is 0. The highest BCUT2D eigenvalue weighted by molar-refractivity contribution is 5.33. The predicted molar refractivity (Wildman–Crippen MR) is 62.7 cm³/mol. The van der Waals surface area contributed by atoms with Gasteiger partial charge in [-0.2, -0.15) is 18.2 Å². The van der Waals surface area contributed by atoms with Crippen molar-refractivity contribution >= 4 is 5.95 Å². The van der Waals surface area contributed by atoms with Gasteiger partial charge >= 0.3 is 6.18 Å². The van der Waals surface area contributed by atoms with E-state index in [0.717, 1.165) is 5.56 Å². The molecule has 0 radical (unpaired) electrons. The van der Waals surface area contributed by atoms with E-state index in [9.17, 15) is 13.2 Å². The number of anilines is 1. The molecule has 0 bridgehead atoms. The van der Waals surface area contributed by atoms with Gasteiger partial charge in [0.25, 0.3) is 5.82 Å². The molecule has 3 rings (SSSR count). The van der Waals surface area contributed by atoms with E-state index in [1.165, 1.54) is 4.68 Å². The van der Waals surface area contributed by atoms with E-state index in [-0.39, 0.29) is 12.0 Å². The first-order valence-corrected chi connectivity index (χ1v) is 5.88. The van der Waals surface area contributed by atoms with Crippen LogP contribution in [0.25, 0.3) is 0 Å². The topological polar surface area (TPSA) is 42.7 Å². The predicted octanol–water partition coefficient (Wildman–Crippen LogP) is 2.70. The van der Waals surface area contributed by atoms with E-state index in [2.05, 4.69) is 15.4 Å². The number of fused-ring (bicyclic) bond motifs is 1. The first kappa shape index (κ1) is 12.0. The van der Waals surface area contributed by atoms with E-state index >= 15 is 0 Å². The van der Waals surface area contributed by atoms with Crippen molar-refractivity contribution in [3.63, 3.8) is 0 Å². The Kier molecular flexibility index (Phi) is 2.69. The second-order valence-electron chi connectivity index (χ2n) is 4.34. The van der Waals surface area contributed by atoms with Crippen LogP contribution in [-0.4, -0.2) is 21.3 Å². The van der Waals surface area contributed by atoms with Crippen LogP contribution in [0.4, 0.5) is 19.1 Å². The molecule has 1 aromatic heterocycles. The second-order valence-corrected chi connectivity index (χ2v) is 4.34. The van der Waals surface area contributed by atoms with Crippen molar-refractivity contribution in [3.05, 3.63) is 41.7 Å². The number of alkyl halides is 3. The lowest BCUT2D eigenvalue weighted by Gasteiger charge is -2.24. The third-order valence-corrected chi connectivity index (χ3v) is 3.07. The molecule has 0 amide bonds. The summed E-state index contributed by atoms with van der Waals surface area (Å²) in [4.78, 5) is 3.51. The molecule has 0 fully saturated rings. The van der Waals surface area contributed by atoms with Crippen LogP contribution in [0.15, 0.2) is 30.3 Å². The third-order valence-electron chi connectivity index (χ3n) is 3.07. The van der Waals surface area contributed by atoms with Gasteiger partial charge in [-0.3, -0.25) is 0 Å². The molecule has 7 heteroatoms. The van der Waals surface area contributed by atoms with Crippen molar-refractivity contribution in [1.82, 2.24) is 14.8 Å². The van der Waals surface area contributed by atoms with Crippen LogP contribution >= 0.6 is 0 Å². The SMILES string of the molecule is FC(F)(F)c1nc2n(n1)C(c1ccccc1)CCN2. The van der Waals surface area contributed by atoms with Gasteiger partial charge in [-0.15, -0.1) is 5.10 Å². The average molecular weight is 268 g/mol.